The molecule has 3 aromatic rings. The molecule has 1 aliphatic rings. The van der Waals surface area contributed by atoms with Crippen LogP contribution < -0.4 is 4.90 Å². The minimum Gasteiger partial charge on any atom is -0.378 e. The van der Waals surface area contributed by atoms with Crippen LogP contribution in [-0.4, -0.2) is 34.0 Å². The molecule has 1 aliphatic carbocycles. The number of hydrogen-bond acceptors (Lipinski definition) is 5. The van der Waals surface area contributed by atoms with E-state index in [1.807, 2.05) is 12.4 Å². The zero-order valence-corrected chi connectivity index (χ0v) is 16.0. The van der Waals surface area contributed by atoms with Crippen molar-refractivity contribution in [2.75, 3.05) is 11.9 Å². The van der Waals surface area contributed by atoms with Gasteiger partial charge in [0.2, 0.25) is 0 Å². The molecule has 5 heteroatoms. The van der Waals surface area contributed by atoms with Crippen molar-refractivity contribution >= 4 is 37.5 Å². The molecule has 0 unspecified atom stereocenters. The molecule has 1 aromatic carbocycles. The van der Waals surface area contributed by atoms with Gasteiger partial charge in [-0.2, -0.15) is 0 Å². The Morgan fingerprint density at radius 2 is 1.77 bits per heavy atom. The van der Waals surface area contributed by atoms with Crippen molar-refractivity contribution in [1.29, 1.82) is 0 Å². The third-order valence-electron chi connectivity index (χ3n) is 5.52. The van der Waals surface area contributed by atoms with Gasteiger partial charge in [-0.05, 0) is 44.1 Å². The Morgan fingerprint density at radius 1 is 1.04 bits per heavy atom. The molecule has 1 fully saturated rings. The van der Waals surface area contributed by atoms with Crippen molar-refractivity contribution < 1.29 is 0 Å². The van der Waals surface area contributed by atoms with E-state index in [-0.39, 0.29) is 0 Å². The number of thiophene rings is 1. The fourth-order valence-electron chi connectivity index (χ4n) is 4.04. The predicted molar refractivity (Wildman–Crippen MR) is 112 cm³/mol. The van der Waals surface area contributed by atoms with Crippen LogP contribution in [0.2, 0.25) is 0 Å². The topological polar surface area (TPSA) is 32.3 Å². The molecule has 0 spiro atoms. The van der Waals surface area contributed by atoms with E-state index >= 15 is 0 Å². The second-order valence-corrected chi connectivity index (χ2v) is 7.91. The van der Waals surface area contributed by atoms with Crippen LogP contribution in [0, 0.1) is 0 Å². The van der Waals surface area contributed by atoms with Crippen LogP contribution in [-0.2, 0) is 0 Å². The fraction of sp³-hybridized carbons (Fsp3) is 0.333. The summed E-state index contributed by atoms with van der Waals surface area (Å²) < 4.78 is 1.25. The molecular weight excluding hydrogens is 340 g/mol. The largest absolute Gasteiger partial charge is 0.378 e. The average molecular weight is 365 g/mol. The molecule has 0 amide bonds. The lowest BCUT2D eigenvalue weighted by Crippen LogP contribution is -2.40. The first kappa shape index (κ1) is 17.0. The van der Waals surface area contributed by atoms with Crippen LogP contribution in [0.15, 0.2) is 56.2 Å². The number of aromatic nitrogens is 2. The minimum absolute atomic E-state index is 0.429. The summed E-state index contributed by atoms with van der Waals surface area (Å²) in [4.78, 5) is 14.7. The highest BCUT2D eigenvalue weighted by Gasteiger charge is 2.28. The maximum Gasteiger partial charge on any atom is 0.145 e. The Hall–Kier alpha value is -2.40. The van der Waals surface area contributed by atoms with Gasteiger partial charge >= 0.3 is 0 Å². The molecule has 1 saturated carbocycles. The average Bonchev–Trinajstić information content (AvgIpc) is 3.08. The van der Waals surface area contributed by atoms with Crippen molar-refractivity contribution in [3.05, 3.63) is 56.2 Å². The summed E-state index contributed by atoms with van der Waals surface area (Å²) >= 11 is 1.73. The summed E-state index contributed by atoms with van der Waals surface area (Å²) in [5.74, 6) is 0.989. The maximum absolute atomic E-state index is 4.67. The smallest absolute Gasteiger partial charge is 0.145 e. The molecule has 26 heavy (non-hydrogen) atoms. The Kier molecular flexibility index (Phi) is 4.64. The first-order valence-electron chi connectivity index (χ1n) is 9.10. The van der Waals surface area contributed by atoms with E-state index in [9.17, 15) is 0 Å². The molecule has 2 heterocycles. The summed E-state index contributed by atoms with van der Waals surface area (Å²) in [6.07, 6.45) is 10.1. The number of anilines is 1. The van der Waals surface area contributed by atoms with E-state index < -0.39 is 0 Å². The molecule has 0 N–H and O–H groups in total. The van der Waals surface area contributed by atoms with Crippen LogP contribution in [0.25, 0.3) is 20.3 Å². The van der Waals surface area contributed by atoms with Crippen LogP contribution in [0.4, 0.5) is 5.82 Å². The molecular formula is C21H24N4S. The number of fused-ring (bicyclic) bond motifs is 3. The van der Waals surface area contributed by atoms with E-state index in [0.717, 1.165) is 41.7 Å². The zero-order valence-electron chi connectivity index (χ0n) is 15.1. The molecule has 4 rings (SSSR count). The van der Waals surface area contributed by atoms with E-state index in [0.29, 0.717) is 12.1 Å². The van der Waals surface area contributed by atoms with Crippen molar-refractivity contribution in [3.8, 4) is 0 Å². The minimum atomic E-state index is 0.429. The van der Waals surface area contributed by atoms with E-state index in [2.05, 4.69) is 64.2 Å². The Labute approximate surface area is 158 Å². The highest BCUT2D eigenvalue weighted by Crippen LogP contribution is 2.39. The van der Waals surface area contributed by atoms with Crippen molar-refractivity contribution in [3.63, 3.8) is 0 Å². The van der Waals surface area contributed by atoms with Gasteiger partial charge in [-0.15, -0.1) is 11.3 Å². The Balaban J connectivity index is 1.69. The van der Waals surface area contributed by atoms with Crippen molar-refractivity contribution in [1.82, 2.24) is 14.9 Å². The first-order valence-corrected chi connectivity index (χ1v) is 9.92. The van der Waals surface area contributed by atoms with Gasteiger partial charge in [-0.3, -0.25) is 0 Å². The molecule has 134 valence electrons. The molecule has 0 bridgehead atoms. The predicted octanol–water partition coefficient (Wildman–Crippen LogP) is 5.18. The third kappa shape index (κ3) is 2.86. The lowest BCUT2D eigenvalue weighted by molar-refractivity contribution is 0.239. The molecule has 2 aromatic heterocycles. The van der Waals surface area contributed by atoms with Crippen LogP contribution in [0.5, 0.6) is 0 Å². The second kappa shape index (κ2) is 7.08. The van der Waals surface area contributed by atoms with Gasteiger partial charge in [0.1, 0.15) is 17.0 Å². The van der Waals surface area contributed by atoms with Gasteiger partial charge in [0.15, 0.2) is 0 Å². The highest BCUT2D eigenvalue weighted by atomic mass is 32.1. The van der Waals surface area contributed by atoms with Gasteiger partial charge in [0.25, 0.3) is 0 Å². The number of hydrogen-bond donors (Lipinski definition) is 0. The van der Waals surface area contributed by atoms with Crippen molar-refractivity contribution in [2.24, 2.45) is 0 Å². The normalized spacial score (nSPS) is 20.2. The third-order valence-corrected chi connectivity index (χ3v) is 6.60. The van der Waals surface area contributed by atoms with E-state index in [4.69, 9.17) is 0 Å². The maximum atomic E-state index is 4.67. The van der Waals surface area contributed by atoms with E-state index in [1.165, 1.54) is 10.1 Å². The van der Waals surface area contributed by atoms with Gasteiger partial charge in [0, 0.05) is 29.2 Å². The number of rotatable bonds is 5. The molecule has 0 atom stereocenters. The Morgan fingerprint density at radius 3 is 2.50 bits per heavy atom. The lowest BCUT2D eigenvalue weighted by Gasteiger charge is -2.38. The quantitative estimate of drug-likeness (QED) is 0.624. The standard InChI is InChI=1S/C21H24N4S/c1-4-24(3)15-10-12-16(13-11-15)25(5-2)20-19-17-8-6-7-9-18(17)26-21(19)23-14-22-20/h4-9,14-16H,1-2,10-13H2,3H3. The zero-order chi connectivity index (χ0) is 18.1. The van der Waals surface area contributed by atoms with E-state index in [1.54, 1.807) is 17.7 Å². The van der Waals surface area contributed by atoms with Crippen LogP contribution in [0.1, 0.15) is 25.7 Å². The van der Waals surface area contributed by atoms with Crippen LogP contribution in [0.3, 0.4) is 0 Å². The molecule has 0 radical (unpaired) electrons. The molecule has 0 aliphatic heterocycles. The lowest BCUT2D eigenvalue weighted by atomic mass is 9.89. The van der Waals surface area contributed by atoms with Gasteiger partial charge in [0.05, 0.1) is 5.39 Å². The highest BCUT2D eigenvalue weighted by molar-refractivity contribution is 7.25. The van der Waals surface area contributed by atoms with Crippen molar-refractivity contribution in [2.45, 2.75) is 37.8 Å². The fourth-order valence-corrected chi connectivity index (χ4v) is 5.08. The number of nitrogens with zero attached hydrogens (tertiary/aromatic N) is 4. The summed E-state index contributed by atoms with van der Waals surface area (Å²) in [5.41, 5.74) is 0. The van der Waals surface area contributed by atoms with Gasteiger partial charge < -0.3 is 9.80 Å². The number of benzene rings is 1. The van der Waals surface area contributed by atoms with Gasteiger partial charge in [-0.1, -0.05) is 31.4 Å². The monoisotopic (exact) mass is 364 g/mol. The van der Waals surface area contributed by atoms with Gasteiger partial charge in [-0.25, -0.2) is 9.97 Å². The second-order valence-electron chi connectivity index (χ2n) is 6.88. The first-order chi connectivity index (χ1) is 12.7. The summed E-state index contributed by atoms with van der Waals surface area (Å²) in [6.45, 7) is 7.99. The molecule has 4 nitrogen and oxygen atoms in total. The SMILES string of the molecule is C=CN(C)C1CCC(N(C=C)c2ncnc3sc4ccccc4c23)CC1. The summed E-state index contributed by atoms with van der Waals surface area (Å²) in [5, 5.41) is 2.38. The summed E-state index contributed by atoms with van der Waals surface area (Å²) in [7, 11) is 2.12. The Bertz CT molecular complexity index is 939. The molecule has 0 saturated heterocycles. The summed E-state index contributed by atoms with van der Waals surface area (Å²) in [6, 6.07) is 9.49. The van der Waals surface area contributed by atoms with Crippen LogP contribution >= 0.6 is 11.3 Å².